The van der Waals surface area contributed by atoms with E-state index in [0.717, 1.165) is 40.7 Å². The van der Waals surface area contributed by atoms with Gasteiger partial charge in [-0.25, -0.2) is 0 Å². The van der Waals surface area contributed by atoms with Crippen LogP contribution in [0, 0.1) is 31.6 Å². The zero-order valence-corrected chi connectivity index (χ0v) is 16.6. The molecule has 0 bridgehead atoms. The van der Waals surface area contributed by atoms with Crippen molar-refractivity contribution in [3.63, 3.8) is 0 Å². The van der Waals surface area contributed by atoms with Crippen LogP contribution in [0.5, 0.6) is 0 Å². The summed E-state index contributed by atoms with van der Waals surface area (Å²) in [7, 11) is 1.87. The van der Waals surface area contributed by atoms with E-state index in [1.165, 1.54) is 51.4 Å². The van der Waals surface area contributed by atoms with Gasteiger partial charge in [-0.3, -0.25) is 4.79 Å². The van der Waals surface area contributed by atoms with E-state index in [4.69, 9.17) is 4.74 Å². The van der Waals surface area contributed by atoms with E-state index in [2.05, 4.69) is 6.92 Å². The summed E-state index contributed by atoms with van der Waals surface area (Å²) in [5.41, 5.74) is 3.04. The first kappa shape index (κ1) is 20.2. The molecule has 0 N–H and O–H groups in total. The first-order valence-electron chi connectivity index (χ1n) is 10.1. The van der Waals surface area contributed by atoms with Gasteiger partial charge in [-0.2, -0.15) is 0 Å². The molecule has 0 aromatic heterocycles. The minimum absolute atomic E-state index is 0.573. The van der Waals surface area contributed by atoms with E-state index in [-0.39, 0.29) is 0 Å². The van der Waals surface area contributed by atoms with Crippen LogP contribution in [0.15, 0.2) is 18.2 Å². The molecule has 0 amide bonds. The Balaban J connectivity index is 0.000000196. The van der Waals surface area contributed by atoms with Gasteiger partial charge in [0.1, 0.15) is 6.29 Å². The summed E-state index contributed by atoms with van der Waals surface area (Å²) in [6.45, 7) is 6.39. The quantitative estimate of drug-likeness (QED) is 0.616. The lowest BCUT2D eigenvalue weighted by Gasteiger charge is -2.36. The molecule has 2 saturated carbocycles. The topological polar surface area (TPSA) is 26.3 Å². The van der Waals surface area contributed by atoms with Gasteiger partial charge in [-0.15, -0.1) is 0 Å². The Morgan fingerprint density at radius 1 is 0.840 bits per heavy atom. The highest BCUT2D eigenvalue weighted by Crippen LogP contribution is 2.40. The third kappa shape index (κ3) is 6.58. The standard InChI is InChI=1S/C14H26O.C9H10O/c1-11-3-5-12(6-4-11)13-7-9-14(15-2)10-8-13;1-7-3-8(2)5-9(4-7)6-10/h11-14H,3-10H2,1-2H3;3-6H,1-2H3. The first-order valence-corrected chi connectivity index (χ1v) is 10.1. The van der Waals surface area contributed by atoms with Crippen molar-refractivity contribution in [2.75, 3.05) is 7.11 Å². The molecule has 2 fully saturated rings. The van der Waals surface area contributed by atoms with Crippen LogP contribution in [0.4, 0.5) is 0 Å². The third-order valence-corrected chi connectivity index (χ3v) is 6.16. The normalized spacial score (nSPS) is 29.4. The summed E-state index contributed by atoms with van der Waals surface area (Å²) in [5.74, 6) is 3.08. The van der Waals surface area contributed by atoms with Gasteiger partial charge in [0.2, 0.25) is 0 Å². The monoisotopic (exact) mass is 344 g/mol. The van der Waals surface area contributed by atoms with E-state index in [9.17, 15) is 4.79 Å². The van der Waals surface area contributed by atoms with Crippen LogP contribution < -0.4 is 0 Å². The molecule has 25 heavy (non-hydrogen) atoms. The number of aryl methyl sites for hydroxylation is 2. The molecule has 2 nitrogen and oxygen atoms in total. The van der Waals surface area contributed by atoms with Gasteiger partial charge in [0.25, 0.3) is 0 Å². The molecule has 2 aliphatic rings. The lowest BCUT2D eigenvalue weighted by Crippen LogP contribution is -2.27. The maximum atomic E-state index is 10.3. The molecule has 0 atom stereocenters. The molecule has 140 valence electrons. The molecular formula is C23H36O2. The van der Waals surface area contributed by atoms with Crippen molar-refractivity contribution in [1.29, 1.82) is 0 Å². The maximum absolute atomic E-state index is 10.3. The van der Waals surface area contributed by atoms with Crippen LogP contribution in [-0.2, 0) is 4.74 Å². The predicted molar refractivity (Wildman–Crippen MR) is 105 cm³/mol. The Bertz CT molecular complexity index is 501. The van der Waals surface area contributed by atoms with Crippen LogP contribution in [-0.4, -0.2) is 19.5 Å². The fourth-order valence-electron chi connectivity index (χ4n) is 4.63. The summed E-state index contributed by atoms with van der Waals surface area (Å²) >= 11 is 0. The second-order valence-electron chi connectivity index (χ2n) is 8.33. The average Bonchev–Trinajstić information content (AvgIpc) is 2.62. The molecule has 0 heterocycles. The molecule has 0 saturated heterocycles. The largest absolute Gasteiger partial charge is 0.381 e. The predicted octanol–water partition coefficient (Wildman–Crippen LogP) is 6.13. The van der Waals surface area contributed by atoms with Crippen molar-refractivity contribution in [1.82, 2.24) is 0 Å². The second-order valence-corrected chi connectivity index (χ2v) is 8.33. The van der Waals surface area contributed by atoms with Gasteiger partial charge in [0.15, 0.2) is 0 Å². The summed E-state index contributed by atoms with van der Waals surface area (Å²) in [6.07, 6.45) is 12.9. The van der Waals surface area contributed by atoms with Crippen molar-refractivity contribution >= 4 is 6.29 Å². The van der Waals surface area contributed by atoms with Crippen molar-refractivity contribution in [2.45, 2.75) is 78.2 Å². The van der Waals surface area contributed by atoms with Crippen molar-refractivity contribution in [2.24, 2.45) is 17.8 Å². The minimum atomic E-state index is 0.573. The zero-order valence-electron chi connectivity index (χ0n) is 16.6. The molecule has 0 aliphatic heterocycles. The van der Waals surface area contributed by atoms with Gasteiger partial charge in [0.05, 0.1) is 6.10 Å². The Kier molecular flexibility index (Phi) is 8.15. The highest BCUT2D eigenvalue weighted by molar-refractivity contribution is 5.75. The zero-order chi connectivity index (χ0) is 18.2. The number of aldehydes is 1. The number of hydrogen-bond acceptors (Lipinski definition) is 2. The van der Waals surface area contributed by atoms with Crippen LogP contribution >= 0.6 is 0 Å². The van der Waals surface area contributed by atoms with Crippen LogP contribution in [0.25, 0.3) is 0 Å². The summed E-state index contributed by atoms with van der Waals surface area (Å²) in [5, 5.41) is 0. The number of methoxy groups -OCH3 is 1. The first-order chi connectivity index (χ1) is 12.0. The summed E-state index contributed by atoms with van der Waals surface area (Å²) in [4.78, 5) is 10.3. The van der Waals surface area contributed by atoms with E-state index < -0.39 is 0 Å². The fourth-order valence-corrected chi connectivity index (χ4v) is 4.63. The van der Waals surface area contributed by atoms with Gasteiger partial charge >= 0.3 is 0 Å². The summed E-state index contributed by atoms with van der Waals surface area (Å²) < 4.78 is 5.44. The molecule has 0 radical (unpaired) electrons. The van der Waals surface area contributed by atoms with Crippen molar-refractivity contribution in [3.8, 4) is 0 Å². The van der Waals surface area contributed by atoms with Crippen LogP contribution in [0.3, 0.4) is 0 Å². The number of hydrogen-bond donors (Lipinski definition) is 0. The van der Waals surface area contributed by atoms with Crippen molar-refractivity contribution < 1.29 is 9.53 Å². The second kappa shape index (κ2) is 10.1. The minimum Gasteiger partial charge on any atom is -0.381 e. The van der Waals surface area contributed by atoms with Crippen LogP contribution in [0.2, 0.25) is 0 Å². The van der Waals surface area contributed by atoms with Crippen molar-refractivity contribution in [3.05, 3.63) is 34.9 Å². The molecule has 3 rings (SSSR count). The van der Waals surface area contributed by atoms with E-state index >= 15 is 0 Å². The van der Waals surface area contributed by atoms with E-state index in [0.29, 0.717) is 6.10 Å². The average molecular weight is 345 g/mol. The Morgan fingerprint density at radius 2 is 1.32 bits per heavy atom. The molecule has 0 unspecified atom stereocenters. The fraction of sp³-hybridized carbons (Fsp3) is 0.696. The SMILES string of the molecule is COC1CCC(C2CCC(C)CC2)CC1.Cc1cc(C)cc(C=O)c1. The molecule has 0 spiro atoms. The summed E-state index contributed by atoms with van der Waals surface area (Å²) in [6, 6.07) is 5.80. The maximum Gasteiger partial charge on any atom is 0.150 e. The lowest BCUT2D eigenvalue weighted by molar-refractivity contribution is 0.0399. The van der Waals surface area contributed by atoms with E-state index in [1.54, 1.807) is 0 Å². The highest BCUT2D eigenvalue weighted by atomic mass is 16.5. The number of rotatable bonds is 3. The smallest absolute Gasteiger partial charge is 0.150 e. The number of ether oxygens (including phenoxy) is 1. The Labute approximate surface area is 154 Å². The van der Waals surface area contributed by atoms with E-state index in [1.807, 2.05) is 39.2 Å². The van der Waals surface area contributed by atoms with Gasteiger partial charge in [-0.1, -0.05) is 37.0 Å². The number of carbonyl (C=O) groups excluding carboxylic acids is 1. The highest BCUT2D eigenvalue weighted by Gasteiger charge is 2.29. The van der Waals surface area contributed by atoms with Gasteiger partial charge in [0, 0.05) is 12.7 Å². The Morgan fingerprint density at radius 3 is 1.76 bits per heavy atom. The number of benzene rings is 1. The molecule has 1 aromatic carbocycles. The van der Waals surface area contributed by atoms with Gasteiger partial charge in [-0.05, 0) is 82.3 Å². The van der Waals surface area contributed by atoms with Gasteiger partial charge < -0.3 is 4.74 Å². The molecule has 2 heteroatoms. The molecular weight excluding hydrogens is 308 g/mol. The van der Waals surface area contributed by atoms with Crippen LogP contribution in [0.1, 0.15) is 79.8 Å². The lowest BCUT2D eigenvalue weighted by atomic mass is 9.71. The molecule has 1 aromatic rings. The number of carbonyl (C=O) groups is 1. The third-order valence-electron chi connectivity index (χ3n) is 6.16. The Hall–Kier alpha value is -1.15. The molecule has 2 aliphatic carbocycles.